The van der Waals surface area contributed by atoms with Gasteiger partial charge >= 0.3 is 5.97 Å². The van der Waals surface area contributed by atoms with E-state index in [1.807, 2.05) is 6.92 Å². The predicted octanol–water partition coefficient (Wildman–Crippen LogP) is 1.82. The molecule has 0 aliphatic carbocycles. The maximum Gasteiger partial charge on any atom is 0.337 e. The monoisotopic (exact) mass is 301 g/mol. The number of carboxylic acid groups (broad SMARTS) is 1. The second-order valence-electron chi connectivity index (χ2n) is 4.73. The lowest BCUT2D eigenvalue weighted by Gasteiger charge is -2.19. The van der Waals surface area contributed by atoms with Crippen molar-refractivity contribution < 1.29 is 14.8 Å². The number of hydrogen-bond donors (Lipinski definition) is 2. The smallest absolute Gasteiger partial charge is 0.337 e. The molecule has 1 saturated heterocycles. The molecule has 8 heteroatoms. The summed E-state index contributed by atoms with van der Waals surface area (Å²) < 4.78 is 0. The minimum absolute atomic E-state index is 0. The Bertz CT molecular complexity index is 517. The van der Waals surface area contributed by atoms with E-state index in [1.54, 1.807) is 0 Å². The van der Waals surface area contributed by atoms with Gasteiger partial charge in [-0.1, -0.05) is 6.92 Å². The topological polar surface area (TPSA) is 105 Å². The van der Waals surface area contributed by atoms with Crippen LogP contribution in [0.1, 0.15) is 35.3 Å². The number of carboxylic acids is 1. The molecule has 1 fully saturated rings. The zero-order valence-electron chi connectivity index (χ0n) is 10.9. The van der Waals surface area contributed by atoms with E-state index in [4.69, 9.17) is 0 Å². The molecule has 0 aromatic carbocycles. The number of rotatable bonds is 4. The molecule has 0 amide bonds. The predicted molar refractivity (Wildman–Crippen MR) is 74.5 cm³/mol. The zero-order valence-corrected chi connectivity index (χ0v) is 11.7. The minimum Gasteiger partial charge on any atom is -0.478 e. The number of carbonyl (C=O) groups is 1. The number of halogens is 1. The van der Waals surface area contributed by atoms with Gasteiger partial charge in [-0.25, -0.2) is 4.79 Å². The first-order valence-electron chi connectivity index (χ1n) is 6.09. The lowest BCUT2D eigenvalue weighted by atomic mass is 9.88. The summed E-state index contributed by atoms with van der Waals surface area (Å²) in [6.07, 6.45) is 2.08. The summed E-state index contributed by atoms with van der Waals surface area (Å²) in [4.78, 5) is 25.3. The number of nitrogens with one attached hydrogen (secondary N) is 1. The largest absolute Gasteiger partial charge is 0.478 e. The van der Waals surface area contributed by atoms with Crippen LogP contribution in [0.25, 0.3) is 0 Å². The average Bonchev–Trinajstić information content (AvgIpc) is 2.90. The van der Waals surface area contributed by atoms with Gasteiger partial charge in [-0.05, 0) is 25.4 Å². The Balaban J connectivity index is 0.00000200. The molecule has 110 valence electrons. The SMILES string of the molecule is CC(c1ncc([N+](=O)[O-])cc1C(=O)O)C1CCNC1.Cl. The van der Waals surface area contributed by atoms with Crippen molar-refractivity contribution in [1.82, 2.24) is 10.3 Å². The molecule has 2 N–H and O–H groups in total. The molecule has 1 aliphatic heterocycles. The van der Waals surface area contributed by atoms with Crippen molar-refractivity contribution in [2.75, 3.05) is 13.1 Å². The first-order chi connectivity index (χ1) is 9.00. The van der Waals surface area contributed by atoms with Gasteiger partial charge in [0.15, 0.2) is 0 Å². The summed E-state index contributed by atoms with van der Waals surface area (Å²) in [6.45, 7) is 3.64. The van der Waals surface area contributed by atoms with Crippen molar-refractivity contribution in [1.29, 1.82) is 0 Å². The quantitative estimate of drug-likeness (QED) is 0.649. The van der Waals surface area contributed by atoms with E-state index in [0.717, 1.165) is 31.8 Å². The molecule has 2 atom stereocenters. The Hall–Kier alpha value is -1.73. The number of pyridine rings is 1. The van der Waals surface area contributed by atoms with Gasteiger partial charge in [0.1, 0.15) is 6.20 Å². The van der Waals surface area contributed by atoms with Crippen molar-refractivity contribution in [3.63, 3.8) is 0 Å². The van der Waals surface area contributed by atoms with E-state index in [0.29, 0.717) is 11.6 Å². The van der Waals surface area contributed by atoms with Gasteiger partial charge in [0, 0.05) is 12.0 Å². The summed E-state index contributed by atoms with van der Waals surface area (Å²) in [7, 11) is 0. The average molecular weight is 302 g/mol. The van der Waals surface area contributed by atoms with Crippen LogP contribution >= 0.6 is 12.4 Å². The maximum absolute atomic E-state index is 11.2. The molecule has 1 aromatic rings. The highest BCUT2D eigenvalue weighted by Crippen LogP contribution is 2.30. The van der Waals surface area contributed by atoms with E-state index < -0.39 is 10.9 Å². The summed E-state index contributed by atoms with van der Waals surface area (Å²) in [5, 5.41) is 23.1. The Labute approximate surface area is 122 Å². The van der Waals surface area contributed by atoms with Crippen molar-refractivity contribution in [3.8, 4) is 0 Å². The van der Waals surface area contributed by atoms with Crippen molar-refractivity contribution in [3.05, 3.63) is 33.6 Å². The van der Waals surface area contributed by atoms with Gasteiger partial charge in [-0.15, -0.1) is 12.4 Å². The number of hydrogen-bond acceptors (Lipinski definition) is 5. The molecule has 1 aromatic heterocycles. The molecule has 0 bridgehead atoms. The van der Waals surface area contributed by atoms with Crippen LogP contribution in [-0.2, 0) is 0 Å². The molecule has 7 nitrogen and oxygen atoms in total. The fourth-order valence-electron chi connectivity index (χ4n) is 2.43. The fraction of sp³-hybridized carbons (Fsp3) is 0.500. The van der Waals surface area contributed by atoms with Crippen molar-refractivity contribution >= 4 is 24.1 Å². The van der Waals surface area contributed by atoms with Crippen molar-refractivity contribution in [2.24, 2.45) is 5.92 Å². The van der Waals surface area contributed by atoms with Crippen LogP contribution in [0.4, 0.5) is 5.69 Å². The van der Waals surface area contributed by atoms with Gasteiger partial charge in [-0.2, -0.15) is 0 Å². The second-order valence-corrected chi connectivity index (χ2v) is 4.73. The van der Waals surface area contributed by atoms with E-state index in [-0.39, 0.29) is 29.6 Å². The highest BCUT2D eigenvalue weighted by atomic mass is 35.5. The first kappa shape index (κ1) is 16.3. The number of aromatic nitrogens is 1. The summed E-state index contributed by atoms with van der Waals surface area (Å²) in [6, 6.07) is 1.09. The summed E-state index contributed by atoms with van der Waals surface area (Å²) in [5.41, 5.74) is 0.0540. The molecule has 1 aliphatic rings. The normalized spacial score (nSPS) is 19.1. The van der Waals surface area contributed by atoms with E-state index >= 15 is 0 Å². The Kier molecular flexibility index (Phi) is 5.41. The lowest BCUT2D eigenvalue weighted by Crippen LogP contribution is -2.18. The molecule has 0 spiro atoms. The van der Waals surface area contributed by atoms with E-state index in [2.05, 4.69) is 10.3 Å². The molecule has 2 heterocycles. The molecule has 0 radical (unpaired) electrons. The van der Waals surface area contributed by atoms with Crippen LogP contribution in [-0.4, -0.2) is 34.1 Å². The number of aromatic carboxylic acids is 1. The van der Waals surface area contributed by atoms with Crippen LogP contribution in [0.2, 0.25) is 0 Å². The van der Waals surface area contributed by atoms with Crippen LogP contribution in [0, 0.1) is 16.0 Å². The molecular weight excluding hydrogens is 286 g/mol. The third kappa shape index (κ3) is 3.23. The Morgan fingerprint density at radius 3 is 2.85 bits per heavy atom. The minimum atomic E-state index is -1.18. The van der Waals surface area contributed by atoms with Gasteiger partial charge in [0.05, 0.1) is 16.2 Å². The van der Waals surface area contributed by atoms with Crippen LogP contribution in [0.5, 0.6) is 0 Å². The number of nitro groups is 1. The van der Waals surface area contributed by atoms with Gasteiger partial charge < -0.3 is 10.4 Å². The third-order valence-corrected chi connectivity index (χ3v) is 3.58. The third-order valence-electron chi connectivity index (χ3n) is 3.58. The van der Waals surface area contributed by atoms with E-state index in [9.17, 15) is 20.0 Å². The number of nitrogens with zero attached hydrogens (tertiary/aromatic N) is 2. The van der Waals surface area contributed by atoms with Crippen LogP contribution in [0.15, 0.2) is 12.3 Å². The van der Waals surface area contributed by atoms with E-state index in [1.165, 1.54) is 0 Å². The Morgan fingerprint density at radius 1 is 1.65 bits per heavy atom. The molecule has 2 rings (SSSR count). The molecule has 0 saturated carbocycles. The first-order valence-corrected chi connectivity index (χ1v) is 6.09. The fourth-order valence-corrected chi connectivity index (χ4v) is 2.43. The highest BCUT2D eigenvalue weighted by Gasteiger charge is 2.28. The van der Waals surface area contributed by atoms with Gasteiger partial charge in [0.2, 0.25) is 0 Å². The maximum atomic E-state index is 11.2. The summed E-state index contributed by atoms with van der Waals surface area (Å²) in [5.74, 6) is -0.905. The second kappa shape index (κ2) is 6.62. The van der Waals surface area contributed by atoms with Crippen LogP contribution < -0.4 is 5.32 Å². The van der Waals surface area contributed by atoms with Crippen LogP contribution in [0.3, 0.4) is 0 Å². The standard InChI is InChI=1S/C12H15N3O4.ClH/c1-7(8-2-3-13-5-8)11-10(12(16)17)4-9(6-14-11)15(18)19;/h4,6-8,13H,2-3,5H2,1H3,(H,16,17);1H. The lowest BCUT2D eigenvalue weighted by molar-refractivity contribution is -0.385. The summed E-state index contributed by atoms with van der Waals surface area (Å²) >= 11 is 0. The zero-order chi connectivity index (χ0) is 14.0. The highest BCUT2D eigenvalue weighted by molar-refractivity contribution is 5.89. The van der Waals surface area contributed by atoms with Gasteiger partial charge in [0.25, 0.3) is 5.69 Å². The molecular formula is C12H16ClN3O4. The molecule has 2 unspecified atom stereocenters. The van der Waals surface area contributed by atoms with Crippen molar-refractivity contribution in [2.45, 2.75) is 19.3 Å². The Morgan fingerprint density at radius 2 is 2.35 bits per heavy atom. The van der Waals surface area contributed by atoms with Gasteiger partial charge in [-0.3, -0.25) is 15.1 Å². The molecule has 20 heavy (non-hydrogen) atoms.